The van der Waals surface area contributed by atoms with Crippen LogP contribution < -0.4 is 0 Å². The molecule has 3 aliphatic rings. The van der Waals surface area contributed by atoms with Crippen molar-refractivity contribution in [3.8, 4) is 0 Å². The highest BCUT2D eigenvalue weighted by molar-refractivity contribution is 5.87. The van der Waals surface area contributed by atoms with E-state index in [4.69, 9.17) is 14.2 Å². The lowest BCUT2D eigenvalue weighted by Crippen LogP contribution is -2.63. The Bertz CT molecular complexity index is 583. The molecule has 3 rings (SSSR count). The Labute approximate surface area is 169 Å². The quantitative estimate of drug-likeness (QED) is 0.603. The molecule has 3 aliphatic carbocycles. The number of ether oxygens (including phenoxy) is 3. The lowest BCUT2D eigenvalue weighted by Gasteiger charge is -2.62. The van der Waals surface area contributed by atoms with Crippen LogP contribution in [-0.4, -0.2) is 45.7 Å². The number of Topliss-reactive ketones (excluding diaryl/α,β-unsaturated/α-hetero) is 1. The largest absolute Gasteiger partial charge is 0.381 e. The zero-order valence-corrected chi connectivity index (χ0v) is 18.6. The van der Waals surface area contributed by atoms with Crippen LogP contribution in [-0.2, 0) is 19.0 Å². The predicted molar refractivity (Wildman–Crippen MR) is 107 cm³/mol. The molecule has 162 valence electrons. The summed E-state index contributed by atoms with van der Waals surface area (Å²) in [5, 5.41) is 0. The van der Waals surface area contributed by atoms with Crippen molar-refractivity contribution in [1.82, 2.24) is 0 Å². The Morgan fingerprint density at radius 1 is 1.14 bits per heavy atom. The van der Waals surface area contributed by atoms with Gasteiger partial charge in [-0.05, 0) is 55.8 Å². The van der Waals surface area contributed by atoms with Crippen molar-refractivity contribution in [2.24, 2.45) is 34.0 Å². The summed E-state index contributed by atoms with van der Waals surface area (Å²) in [4.78, 5) is 13.8. The van der Waals surface area contributed by atoms with Gasteiger partial charge in [0.2, 0.25) is 0 Å². The highest BCUT2D eigenvalue weighted by Crippen LogP contribution is 2.68. The van der Waals surface area contributed by atoms with Gasteiger partial charge < -0.3 is 14.2 Å². The van der Waals surface area contributed by atoms with Crippen molar-refractivity contribution in [2.45, 2.75) is 78.4 Å². The molecule has 5 heteroatoms. The van der Waals surface area contributed by atoms with Gasteiger partial charge in [0.05, 0.1) is 18.9 Å². The molecule has 0 saturated heterocycles. The number of rotatable bonds is 6. The van der Waals surface area contributed by atoms with Gasteiger partial charge in [0.25, 0.3) is 0 Å². The second-order valence-corrected chi connectivity index (χ2v) is 10.2. The number of hydrogen-bond acceptors (Lipinski definition) is 4. The number of halogens is 1. The van der Waals surface area contributed by atoms with E-state index in [1.807, 2.05) is 6.92 Å². The number of methoxy groups -OCH3 is 2. The van der Waals surface area contributed by atoms with Gasteiger partial charge in [-0.15, -0.1) is 0 Å². The summed E-state index contributed by atoms with van der Waals surface area (Å²) in [5.74, 6) is 0.849. The summed E-state index contributed by atoms with van der Waals surface area (Å²) in [5.41, 5.74) is -0.916. The molecule has 0 aromatic rings. The fraction of sp³-hybridized carbons (Fsp3) is 0.957. The first-order chi connectivity index (χ1) is 13.2. The molecule has 0 heterocycles. The Kier molecular flexibility index (Phi) is 6.30. The second-order valence-electron chi connectivity index (χ2n) is 10.2. The van der Waals surface area contributed by atoms with E-state index in [1.165, 1.54) is 0 Å². The first-order valence-electron chi connectivity index (χ1n) is 10.9. The molecule has 2 bridgehead atoms. The van der Waals surface area contributed by atoms with Gasteiger partial charge in [0, 0.05) is 31.0 Å². The smallest absolute Gasteiger partial charge is 0.146 e. The maximum absolute atomic E-state index is 13.8. The molecular formula is C23H39FO4. The molecule has 0 aromatic heterocycles. The van der Waals surface area contributed by atoms with Crippen molar-refractivity contribution in [2.75, 3.05) is 27.7 Å². The first-order valence-corrected chi connectivity index (χ1v) is 10.9. The maximum Gasteiger partial charge on any atom is 0.146 e. The maximum atomic E-state index is 13.8. The van der Waals surface area contributed by atoms with Crippen LogP contribution in [0.1, 0.15) is 66.2 Å². The fourth-order valence-corrected chi connectivity index (χ4v) is 7.32. The van der Waals surface area contributed by atoms with Crippen LogP contribution in [0.2, 0.25) is 0 Å². The van der Waals surface area contributed by atoms with Crippen LogP contribution >= 0.6 is 0 Å². The van der Waals surface area contributed by atoms with Crippen molar-refractivity contribution in [3.05, 3.63) is 0 Å². The van der Waals surface area contributed by atoms with E-state index in [0.29, 0.717) is 12.3 Å². The molecule has 0 amide bonds. The lowest BCUT2D eigenvalue weighted by atomic mass is 9.44. The average molecular weight is 399 g/mol. The molecular weight excluding hydrogens is 359 g/mol. The normalized spacial score (nSPS) is 48.8. The molecule has 28 heavy (non-hydrogen) atoms. The van der Waals surface area contributed by atoms with Crippen LogP contribution in [0, 0.1) is 34.0 Å². The van der Waals surface area contributed by atoms with Crippen molar-refractivity contribution < 1.29 is 23.4 Å². The van der Waals surface area contributed by atoms with E-state index >= 15 is 0 Å². The summed E-state index contributed by atoms with van der Waals surface area (Å²) < 4.78 is 31.1. The van der Waals surface area contributed by atoms with Crippen molar-refractivity contribution >= 4 is 5.78 Å². The number of carbonyl (C=O) groups excluding carboxylic acids is 1. The van der Waals surface area contributed by atoms with Gasteiger partial charge in [-0.3, -0.25) is 9.18 Å². The topological polar surface area (TPSA) is 44.8 Å². The Balaban J connectivity index is 2.17. The van der Waals surface area contributed by atoms with E-state index in [2.05, 4.69) is 20.8 Å². The molecule has 4 nitrogen and oxygen atoms in total. The van der Waals surface area contributed by atoms with E-state index in [9.17, 15) is 9.18 Å². The van der Waals surface area contributed by atoms with Crippen LogP contribution in [0.5, 0.6) is 0 Å². The third-order valence-electron chi connectivity index (χ3n) is 9.18. The van der Waals surface area contributed by atoms with Gasteiger partial charge >= 0.3 is 0 Å². The van der Waals surface area contributed by atoms with Crippen molar-refractivity contribution in [3.63, 3.8) is 0 Å². The summed E-state index contributed by atoms with van der Waals surface area (Å²) in [6.07, 6.45) is 4.93. The fourth-order valence-electron chi connectivity index (χ4n) is 7.32. The van der Waals surface area contributed by atoms with E-state index in [0.717, 1.165) is 25.7 Å². The standard InChI is InChI=1S/C23H39FO4/c1-15-7-9-23-10-8-17(27-6)19(23)22(15,4)18(28-14-26-5)13-21(3,11-12-24)20(25)16(23)2/h15-19H,7-14H2,1-6H3/t15-,16+,17-,18?,19?,21-,22+,23?/m1/s1. The average Bonchev–Trinajstić information content (AvgIpc) is 3.07. The van der Waals surface area contributed by atoms with Gasteiger partial charge in [-0.1, -0.05) is 27.7 Å². The minimum Gasteiger partial charge on any atom is -0.381 e. The third kappa shape index (κ3) is 3.07. The highest BCUT2D eigenvalue weighted by atomic mass is 19.1. The first kappa shape index (κ1) is 22.2. The SMILES string of the molecule is COCOC1C[C@@](C)(CCF)C(=O)[C@H](C)C23CC[C@@H](C)[C@]1(C)C2[C@H](OC)CC3. The molecule has 3 fully saturated rings. The number of carbonyl (C=O) groups is 1. The zero-order chi connectivity index (χ0) is 20.7. The monoisotopic (exact) mass is 398 g/mol. The summed E-state index contributed by atoms with van der Waals surface area (Å²) in [6, 6.07) is 0. The molecule has 0 aliphatic heterocycles. The van der Waals surface area contributed by atoms with Crippen LogP contribution in [0.15, 0.2) is 0 Å². The molecule has 3 saturated carbocycles. The summed E-state index contributed by atoms with van der Waals surface area (Å²) >= 11 is 0. The van der Waals surface area contributed by atoms with Gasteiger partial charge in [0.15, 0.2) is 0 Å². The van der Waals surface area contributed by atoms with Crippen LogP contribution in [0.25, 0.3) is 0 Å². The Morgan fingerprint density at radius 2 is 1.82 bits per heavy atom. The van der Waals surface area contributed by atoms with Gasteiger partial charge in [-0.25, -0.2) is 0 Å². The van der Waals surface area contributed by atoms with Gasteiger partial charge in [-0.2, -0.15) is 0 Å². The Morgan fingerprint density at radius 3 is 2.43 bits per heavy atom. The molecule has 0 radical (unpaired) electrons. The number of ketones is 1. The van der Waals surface area contributed by atoms with Gasteiger partial charge in [0.1, 0.15) is 12.6 Å². The molecule has 0 spiro atoms. The minimum atomic E-state index is -0.700. The second kappa shape index (κ2) is 7.96. The zero-order valence-electron chi connectivity index (χ0n) is 18.6. The molecule has 3 unspecified atom stereocenters. The molecule has 0 N–H and O–H groups in total. The van der Waals surface area contributed by atoms with Crippen LogP contribution in [0.3, 0.4) is 0 Å². The predicted octanol–water partition coefficient (Wildman–Crippen LogP) is 4.80. The minimum absolute atomic E-state index is 0.0777. The summed E-state index contributed by atoms with van der Waals surface area (Å²) in [6.45, 7) is 8.44. The third-order valence-corrected chi connectivity index (χ3v) is 9.18. The van der Waals surface area contributed by atoms with E-state index < -0.39 is 12.1 Å². The van der Waals surface area contributed by atoms with Crippen LogP contribution in [0.4, 0.5) is 4.39 Å². The lowest BCUT2D eigenvalue weighted by molar-refractivity contribution is -0.220. The number of alkyl halides is 1. The highest BCUT2D eigenvalue weighted by Gasteiger charge is 2.68. The van der Waals surface area contributed by atoms with E-state index in [-0.39, 0.29) is 53.9 Å². The molecule has 8 atom stereocenters. The van der Waals surface area contributed by atoms with Crippen molar-refractivity contribution in [1.29, 1.82) is 0 Å². The number of hydrogen-bond donors (Lipinski definition) is 0. The summed E-state index contributed by atoms with van der Waals surface area (Å²) in [7, 11) is 3.43. The molecule has 0 aromatic carbocycles. The van der Waals surface area contributed by atoms with E-state index in [1.54, 1.807) is 14.2 Å². The Hall–Kier alpha value is -0.520.